The highest BCUT2D eigenvalue weighted by molar-refractivity contribution is 6.29. The van der Waals surface area contributed by atoms with E-state index in [-0.39, 0.29) is 18.6 Å². The Balaban J connectivity index is 2.10. The van der Waals surface area contributed by atoms with E-state index in [4.69, 9.17) is 11.6 Å². The molecule has 106 valence electrons. The van der Waals surface area contributed by atoms with Crippen LogP contribution in [0.4, 0.5) is 4.79 Å². The molecular weight excluding hydrogens is 268 g/mol. The fourth-order valence-electron chi connectivity index (χ4n) is 3.24. The van der Waals surface area contributed by atoms with Gasteiger partial charge in [-0.1, -0.05) is 31.0 Å². The molecule has 3 unspecified atom stereocenters. The number of hydrogen-bond acceptors (Lipinski definition) is 2. The summed E-state index contributed by atoms with van der Waals surface area (Å²) < 4.78 is 0. The predicted molar refractivity (Wildman–Crippen MR) is 72.0 cm³/mol. The van der Waals surface area contributed by atoms with Crippen molar-refractivity contribution in [2.75, 3.05) is 6.54 Å². The lowest BCUT2D eigenvalue weighted by molar-refractivity contribution is -0.141. The minimum absolute atomic E-state index is 0.0541. The molecule has 2 amide bonds. The first-order valence-electron chi connectivity index (χ1n) is 6.63. The first kappa shape index (κ1) is 14.2. The number of fused-ring (bicyclic) bond motifs is 1. The molecule has 0 aromatic heterocycles. The lowest BCUT2D eigenvalue weighted by atomic mass is 9.85. The SMILES string of the molecule is C=C(Cl)CNC(=O)N1C(C(=O)O)CC2CCCCC21. The summed E-state index contributed by atoms with van der Waals surface area (Å²) in [6.07, 6.45) is 4.65. The van der Waals surface area contributed by atoms with Crippen LogP contribution in [0.3, 0.4) is 0 Å². The molecule has 2 rings (SSSR count). The van der Waals surface area contributed by atoms with Crippen LogP contribution in [0.1, 0.15) is 32.1 Å². The maximum absolute atomic E-state index is 12.2. The number of rotatable bonds is 3. The van der Waals surface area contributed by atoms with Gasteiger partial charge in [0.1, 0.15) is 6.04 Å². The molecule has 2 fully saturated rings. The molecule has 0 aromatic carbocycles. The van der Waals surface area contributed by atoms with E-state index in [1.54, 1.807) is 0 Å². The third-order valence-corrected chi connectivity index (χ3v) is 4.17. The van der Waals surface area contributed by atoms with Gasteiger partial charge in [-0.3, -0.25) is 0 Å². The number of halogens is 1. The van der Waals surface area contributed by atoms with Crippen molar-refractivity contribution >= 4 is 23.6 Å². The van der Waals surface area contributed by atoms with Gasteiger partial charge in [0.25, 0.3) is 0 Å². The maximum Gasteiger partial charge on any atom is 0.326 e. The van der Waals surface area contributed by atoms with Crippen LogP contribution in [0, 0.1) is 5.92 Å². The molecule has 6 heteroatoms. The van der Waals surface area contributed by atoms with E-state index < -0.39 is 12.0 Å². The summed E-state index contributed by atoms with van der Waals surface area (Å²) in [5.74, 6) is -0.603. The van der Waals surface area contributed by atoms with Gasteiger partial charge >= 0.3 is 12.0 Å². The van der Waals surface area contributed by atoms with Gasteiger partial charge in [-0.2, -0.15) is 0 Å². The van der Waals surface area contributed by atoms with Crippen molar-refractivity contribution in [3.63, 3.8) is 0 Å². The number of aliphatic carboxylic acids is 1. The molecule has 1 heterocycles. The predicted octanol–water partition coefficient (Wildman–Crippen LogP) is 2.17. The number of carboxylic acids is 1. The van der Waals surface area contributed by atoms with E-state index in [1.165, 1.54) is 4.90 Å². The first-order valence-corrected chi connectivity index (χ1v) is 7.00. The summed E-state index contributed by atoms with van der Waals surface area (Å²) in [7, 11) is 0. The average Bonchev–Trinajstić information content (AvgIpc) is 2.75. The third kappa shape index (κ3) is 3.03. The molecule has 3 atom stereocenters. The number of carbonyl (C=O) groups is 2. The van der Waals surface area contributed by atoms with Crippen molar-refractivity contribution in [3.05, 3.63) is 11.6 Å². The fraction of sp³-hybridized carbons (Fsp3) is 0.692. The summed E-state index contributed by atoms with van der Waals surface area (Å²) >= 11 is 5.62. The Bertz CT molecular complexity index is 399. The highest BCUT2D eigenvalue weighted by atomic mass is 35.5. The van der Waals surface area contributed by atoms with Crippen LogP contribution in [0.5, 0.6) is 0 Å². The van der Waals surface area contributed by atoms with Crippen molar-refractivity contribution in [2.45, 2.75) is 44.2 Å². The average molecular weight is 287 g/mol. The van der Waals surface area contributed by atoms with Crippen LogP contribution in [0.25, 0.3) is 0 Å². The number of likely N-dealkylation sites (tertiary alicyclic amines) is 1. The van der Waals surface area contributed by atoms with Gasteiger partial charge in [-0.05, 0) is 25.2 Å². The smallest absolute Gasteiger partial charge is 0.326 e. The van der Waals surface area contributed by atoms with Gasteiger partial charge in [0.05, 0.1) is 6.54 Å². The Morgan fingerprint density at radius 3 is 2.68 bits per heavy atom. The van der Waals surface area contributed by atoms with Crippen LogP contribution in [-0.2, 0) is 4.79 Å². The summed E-state index contributed by atoms with van der Waals surface area (Å²) in [5.41, 5.74) is 0. The van der Waals surface area contributed by atoms with Crippen LogP contribution in [0.15, 0.2) is 11.6 Å². The topological polar surface area (TPSA) is 69.6 Å². The van der Waals surface area contributed by atoms with Gasteiger partial charge in [0.2, 0.25) is 0 Å². The number of carbonyl (C=O) groups excluding carboxylic acids is 1. The second kappa shape index (κ2) is 5.82. The molecule has 1 aliphatic carbocycles. The zero-order valence-electron chi connectivity index (χ0n) is 10.8. The Kier molecular flexibility index (Phi) is 4.34. The van der Waals surface area contributed by atoms with Gasteiger partial charge in [-0.15, -0.1) is 0 Å². The van der Waals surface area contributed by atoms with Gasteiger partial charge in [0, 0.05) is 11.1 Å². The molecule has 1 saturated carbocycles. The number of nitrogens with one attached hydrogen (secondary N) is 1. The molecule has 0 spiro atoms. The maximum atomic E-state index is 12.2. The lowest BCUT2D eigenvalue weighted by Crippen LogP contribution is -2.50. The molecule has 19 heavy (non-hydrogen) atoms. The van der Waals surface area contributed by atoms with Crippen molar-refractivity contribution in [3.8, 4) is 0 Å². The molecule has 0 bridgehead atoms. The highest BCUT2D eigenvalue weighted by Gasteiger charge is 2.47. The van der Waals surface area contributed by atoms with Crippen molar-refractivity contribution in [1.82, 2.24) is 10.2 Å². The van der Waals surface area contributed by atoms with Gasteiger partial charge in [-0.25, -0.2) is 9.59 Å². The highest BCUT2D eigenvalue weighted by Crippen LogP contribution is 2.39. The molecular formula is C13H19ClN2O3. The van der Waals surface area contributed by atoms with Crippen molar-refractivity contribution in [2.24, 2.45) is 5.92 Å². The Hall–Kier alpha value is -1.23. The van der Waals surface area contributed by atoms with E-state index in [0.717, 1.165) is 25.7 Å². The summed E-state index contributed by atoms with van der Waals surface area (Å²) in [5, 5.41) is 12.3. The van der Waals surface area contributed by atoms with E-state index in [2.05, 4.69) is 11.9 Å². The second-order valence-corrected chi connectivity index (χ2v) is 5.82. The largest absolute Gasteiger partial charge is 0.480 e. The Labute approximate surface area is 117 Å². The lowest BCUT2D eigenvalue weighted by Gasteiger charge is -2.32. The van der Waals surface area contributed by atoms with Crippen LogP contribution < -0.4 is 5.32 Å². The molecule has 1 aliphatic heterocycles. The van der Waals surface area contributed by atoms with E-state index in [9.17, 15) is 14.7 Å². The minimum Gasteiger partial charge on any atom is -0.480 e. The fourth-order valence-corrected chi connectivity index (χ4v) is 3.30. The van der Waals surface area contributed by atoms with Crippen molar-refractivity contribution in [1.29, 1.82) is 0 Å². The molecule has 1 saturated heterocycles. The van der Waals surface area contributed by atoms with E-state index in [0.29, 0.717) is 17.4 Å². The number of amides is 2. The van der Waals surface area contributed by atoms with Crippen LogP contribution in [0.2, 0.25) is 0 Å². The molecule has 2 N–H and O–H groups in total. The molecule has 0 radical (unpaired) electrons. The minimum atomic E-state index is -0.922. The van der Waals surface area contributed by atoms with Crippen LogP contribution >= 0.6 is 11.6 Å². The zero-order valence-corrected chi connectivity index (χ0v) is 11.5. The second-order valence-electron chi connectivity index (χ2n) is 5.28. The van der Waals surface area contributed by atoms with Gasteiger partial charge < -0.3 is 15.3 Å². The zero-order chi connectivity index (χ0) is 14.0. The summed E-state index contributed by atoms with van der Waals surface area (Å²) in [6.45, 7) is 3.67. The van der Waals surface area contributed by atoms with E-state index in [1.807, 2.05) is 0 Å². The third-order valence-electron chi connectivity index (χ3n) is 4.04. The number of carboxylic acid groups (broad SMARTS) is 1. The Morgan fingerprint density at radius 1 is 1.37 bits per heavy atom. The number of nitrogens with zero attached hydrogens (tertiary/aromatic N) is 1. The normalized spacial score (nSPS) is 29.7. The molecule has 5 nitrogen and oxygen atoms in total. The molecule has 2 aliphatic rings. The number of hydrogen-bond donors (Lipinski definition) is 2. The number of urea groups is 1. The van der Waals surface area contributed by atoms with Crippen molar-refractivity contribution < 1.29 is 14.7 Å². The van der Waals surface area contributed by atoms with Gasteiger partial charge in [0.15, 0.2) is 0 Å². The monoisotopic (exact) mass is 286 g/mol. The molecule has 0 aromatic rings. The Morgan fingerprint density at radius 2 is 2.05 bits per heavy atom. The first-order chi connectivity index (χ1) is 9.00. The van der Waals surface area contributed by atoms with Crippen LogP contribution in [-0.4, -0.2) is 40.6 Å². The quantitative estimate of drug-likeness (QED) is 0.835. The van der Waals surface area contributed by atoms with E-state index >= 15 is 0 Å². The summed E-state index contributed by atoms with van der Waals surface area (Å²) in [4.78, 5) is 25.0. The standard InChI is InChI=1S/C13H19ClN2O3/c1-8(14)7-15-13(19)16-10-5-3-2-4-9(10)6-11(16)12(17)18/h9-11H,1-7H2,(H,15,19)(H,17,18). The summed E-state index contributed by atoms with van der Waals surface area (Å²) in [6, 6.07) is -1.00.